The van der Waals surface area contributed by atoms with Crippen LogP contribution in [0.3, 0.4) is 0 Å². The van der Waals surface area contributed by atoms with Crippen LogP contribution in [0.2, 0.25) is 0 Å². The first-order chi connectivity index (χ1) is 8.20. The largest absolute Gasteiger partial charge is 0.493 e. The van der Waals surface area contributed by atoms with Crippen molar-refractivity contribution in [1.29, 1.82) is 0 Å². The monoisotopic (exact) mass is 235 g/mol. The van der Waals surface area contributed by atoms with Crippen LogP contribution in [0.5, 0.6) is 17.2 Å². The third kappa shape index (κ3) is 2.05. The zero-order chi connectivity index (χ0) is 11.9. The molecule has 0 spiro atoms. The summed E-state index contributed by atoms with van der Waals surface area (Å²) in [6.07, 6.45) is 3.08. The van der Waals surface area contributed by atoms with Crippen molar-refractivity contribution in [3.63, 3.8) is 0 Å². The minimum Gasteiger partial charge on any atom is -0.493 e. The molecule has 1 aromatic carbocycles. The number of fused-ring (bicyclic) bond motifs is 1. The Morgan fingerprint density at radius 3 is 2.76 bits per heavy atom. The molecule has 4 heteroatoms. The molecule has 92 valence electrons. The number of hydrogen-bond acceptors (Lipinski definition) is 4. The van der Waals surface area contributed by atoms with E-state index in [1.165, 1.54) is 0 Å². The van der Waals surface area contributed by atoms with E-state index in [1.54, 1.807) is 7.11 Å². The summed E-state index contributed by atoms with van der Waals surface area (Å²) in [6.45, 7) is 1.16. The quantitative estimate of drug-likeness (QED) is 0.862. The van der Waals surface area contributed by atoms with Crippen LogP contribution in [0.4, 0.5) is 0 Å². The van der Waals surface area contributed by atoms with Crippen molar-refractivity contribution in [3.8, 4) is 17.2 Å². The van der Waals surface area contributed by atoms with Gasteiger partial charge in [-0.3, -0.25) is 0 Å². The average Bonchev–Trinajstić information content (AvgIpc) is 3.05. The first-order valence-electron chi connectivity index (χ1n) is 5.96. The van der Waals surface area contributed by atoms with Crippen molar-refractivity contribution in [3.05, 3.63) is 17.7 Å². The number of ether oxygens (including phenoxy) is 3. The molecule has 0 aromatic heterocycles. The maximum atomic E-state index is 6.13. The number of nitrogens with two attached hydrogens (primary N) is 1. The Balaban J connectivity index is 1.94. The molecule has 1 saturated carbocycles. The van der Waals surface area contributed by atoms with E-state index >= 15 is 0 Å². The molecule has 1 aromatic rings. The Morgan fingerprint density at radius 2 is 2.06 bits per heavy atom. The lowest BCUT2D eigenvalue weighted by Crippen LogP contribution is -2.24. The fourth-order valence-electron chi connectivity index (χ4n) is 2.17. The highest BCUT2D eigenvalue weighted by atomic mass is 16.6. The maximum absolute atomic E-state index is 6.13. The van der Waals surface area contributed by atoms with Gasteiger partial charge in [-0.2, -0.15) is 0 Å². The second-order valence-electron chi connectivity index (χ2n) is 4.86. The Hall–Kier alpha value is -1.42. The van der Waals surface area contributed by atoms with Crippen molar-refractivity contribution in [2.75, 3.05) is 20.3 Å². The molecule has 0 amide bonds. The molecule has 1 aliphatic carbocycles. The topological polar surface area (TPSA) is 53.7 Å². The second-order valence-corrected chi connectivity index (χ2v) is 4.86. The molecule has 2 N–H and O–H groups in total. The highest BCUT2D eigenvalue weighted by Gasteiger charge is 2.38. The molecule has 0 atom stereocenters. The van der Waals surface area contributed by atoms with Crippen LogP contribution in [0.15, 0.2) is 12.1 Å². The molecule has 1 fully saturated rings. The standard InChI is InChI=1S/C13H17NO3/c1-15-10-6-9(8-13(14)2-3-13)7-11-12(10)17-5-4-16-11/h6-7H,2-5,8,14H2,1H3. The molecule has 4 nitrogen and oxygen atoms in total. The molecular formula is C13H17NO3. The van der Waals surface area contributed by atoms with Crippen LogP contribution in [0.1, 0.15) is 18.4 Å². The molecule has 3 rings (SSSR count). The first kappa shape index (κ1) is 10.7. The zero-order valence-corrected chi connectivity index (χ0v) is 9.99. The lowest BCUT2D eigenvalue weighted by molar-refractivity contribution is 0.165. The molecular weight excluding hydrogens is 218 g/mol. The minimum absolute atomic E-state index is 0.00519. The van der Waals surface area contributed by atoms with Gasteiger partial charge in [0.05, 0.1) is 7.11 Å². The Kier molecular flexibility index (Phi) is 2.40. The summed E-state index contributed by atoms with van der Waals surface area (Å²) in [5.74, 6) is 2.22. The lowest BCUT2D eigenvalue weighted by Gasteiger charge is -2.22. The van der Waals surface area contributed by atoms with Crippen molar-refractivity contribution < 1.29 is 14.2 Å². The average molecular weight is 235 g/mol. The molecule has 17 heavy (non-hydrogen) atoms. The Bertz CT molecular complexity index is 423. The van der Waals surface area contributed by atoms with Gasteiger partial charge in [-0.15, -0.1) is 0 Å². The van der Waals surface area contributed by atoms with E-state index < -0.39 is 0 Å². The Morgan fingerprint density at radius 1 is 1.29 bits per heavy atom. The van der Waals surface area contributed by atoms with Gasteiger partial charge in [-0.25, -0.2) is 0 Å². The molecule has 0 saturated heterocycles. The van der Waals surface area contributed by atoms with E-state index in [1.807, 2.05) is 12.1 Å². The van der Waals surface area contributed by atoms with Crippen LogP contribution < -0.4 is 19.9 Å². The number of hydrogen-bond donors (Lipinski definition) is 1. The number of methoxy groups -OCH3 is 1. The van der Waals surface area contributed by atoms with Crippen molar-refractivity contribution >= 4 is 0 Å². The zero-order valence-electron chi connectivity index (χ0n) is 9.99. The third-order valence-electron chi connectivity index (χ3n) is 3.34. The molecule has 0 unspecified atom stereocenters. The number of rotatable bonds is 3. The summed E-state index contributed by atoms with van der Waals surface area (Å²) in [4.78, 5) is 0. The third-order valence-corrected chi connectivity index (χ3v) is 3.34. The smallest absolute Gasteiger partial charge is 0.203 e. The van der Waals surface area contributed by atoms with Crippen LogP contribution >= 0.6 is 0 Å². The predicted molar refractivity (Wildman–Crippen MR) is 63.8 cm³/mol. The van der Waals surface area contributed by atoms with E-state index in [2.05, 4.69) is 0 Å². The minimum atomic E-state index is -0.00519. The van der Waals surface area contributed by atoms with Crippen LogP contribution in [-0.2, 0) is 6.42 Å². The van der Waals surface area contributed by atoms with Crippen LogP contribution in [-0.4, -0.2) is 25.9 Å². The van der Waals surface area contributed by atoms with E-state index in [0.29, 0.717) is 19.0 Å². The summed E-state index contributed by atoms with van der Waals surface area (Å²) in [5.41, 5.74) is 7.29. The Labute approximate surface area is 101 Å². The van der Waals surface area contributed by atoms with E-state index in [9.17, 15) is 0 Å². The fourth-order valence-corrected chi connectivity index (χ4v) is 2.17. The fraction of sp³-hybridized carbons (Fsp3) is 0.538. The summed E-state index contributed by atoms with van der Waals surface area (Å²) in [6, 6.07) is 4.02. The normalized spacial score (nSPS) is 19.9. The van der Waals surface area contributed by atoms with Gasteiger partial charge in [0.15, 0.2) is 11.5 Å². The van der Waals surface area contributed by atoms with Gasteiger partial charge >= 0.3 is 0 Å². The van der Waals surface area contributed by atoms with Gasteiger partial charge in [-0.05, 0) is 37.0 Å². The lowest BCUT2D eigenvalue weighted by atomic mass is 10.0. The van der Waals surface area contributed by atoms with Crippen molar-refractivity contribution in [1.82, 2.24) is 0 Å². The second kappa shape index (κ2) is 3.81. The van der Waals surface area contributed by atoms with Gasteiger partial charge in [0.2, 0.25) is 5.75 Å². The number of benzene rings is 1. The summed E-state index contributed by atoms with van der Waals surface area (Å²) >= 11 is 0. The summed E-state index contributed by atoms with van der Waals surface area (Å²) in [7, 11) is 1.65. The highest BCUT2D eigenvalue weighted by Crippen LogP contribution is 2.43. The SMILES string of the molecule is COc1cc(CC2(N)CC2)cc2c1OCCO2. The van der Waals surface area contributed by atoms with E-state index in [0.717, 1.165) is 36.3 Å². The molecule has 0 radical (unpaired) electrons. The van der Waals surface area contributed by atoms with Crippen molar-refractivity contribution in [2.24, 2.45) is 5.73 Å². The van der Waals surface area contributed by atoms with E-state index in [4.69, 9.17) is 19.9 Å². The van der Waals surface area contributed by atoms with Gasteiger partial charge in [-0.1, -0.05) is 0 Å². The summed E-state index contributed by atoms with van der Waals surface area (Å²) < 4.78 is 16.5. The first-order valence-corrected chi connectivity index (χ1v) is 5.96. The molecule has 2 aliphatic rings. The maximum Gasteiger partial charge on any atom is 0.203 e. The molecule has 0 bridgehead atoms. The van der Waals surface area contributed by atoms with Gasteiger partial charge < -0.3 is 19.9 Å². The van der Waals surface area contributed by atoms with Gasteiger partial charge in [0.1, 0.15) is 13.2 Å². The molecule has 1 aliphatic heterocycles. The van der Waals surface area contributed by atoms with E-state index in [-0.39, 0.29) is 5.54 Å². The highest BCUT2D eigenvalue weighted by molar-refractivity contribution is 5.54. The van der Waals surface area contributed by atoms with Crippen LogP contribution in [0, 0.1) is 0 Å². The molecule has 1 heterocycles. The van der Waals surface area contributed by atoms with Gasteiger partial charge in [0, 0.05) is 5.54 Å². The van der Waals surface area contributed by atoms with Gasteiger partial charge in [0.25, 0.3) is 0 Å². The van der Waals surface area contributed by atoms with Crippen molar-refractivity contribution in [2.45, 2.75) is 24.8 Å². The predicted octanol–water partition coefficient (Wildman–Crippen LogP) is 1.50. The van der Waals surface area contributed by atoms with Crippen LogP contribution in [0.25, 0.3) is 0 Å². The summed E-state index contributed by atoms with van der Waals surface area (Å²) in [5, 5.41) is 0.